The average Bonchev–Trinajstić information content (AvgIpc) is 3.23. The first-order chi connectivity index (χ1) is 15.9. The van der Waals surface area contributed by atoms with Gasteiger partial charge in [0.05, 0.1) is 11.0 Å². The first-order valence-electron chi connectivity index (χ1n) is 12.2. The highest BCUT2D eigenvalue weighted by molar-refractivity contribution is 5.86. The lowest BCUT2D eigenvalue weighted by Gasteiger charge is -2.52. The molecule has 0 spiro atoms. The molecule has 2 aliphatic heterocycles. The zero-order chi connectivity index (χ0) is 24.9. The van der Waals surface area contributed by atoms with Crippen LogP contribution in [-0.2, 0) is 10.4 Å². The molecule has 5 atom stereocenters. The summed E-state index contributed by atoms with van der Waals surface area (Å²) >= 11 is 0. The van der Waals surface area contributed by atoms with Crippen LogP contribution in [0.2, 0.25) is 0 Å². The second-order valence-corrected chi connectivity index (χ2v) is 11.3. The largest absolute Gasteiger partial charge is 0.384 e. The molecule has 0 aromatic heterocycles. The summed E-state index contributed by atoms with van der Waals surface area (Å²) in [6, 6.07) is 13.3. The molecule has 2 aromatic carbocycles. The molecule has 2 fully saturated rings. The highest BCUT2D eigenvalue weighted by atomic mass is 19.1. The van der Waals surface area contributed by atoms with Crippen molar-refractivity contribution >= 4 is 5.91 Å². The van der Waals surface area contributed by atoms with Crippen LogP contribution in [0.25, 0.3) is 0 Å². The number of carbonyl (C=O) groups excluding carboxylic acids is 1. The van der Waals surface area contributed by atoms with Gasteiger partial charge in [-0.3, -0.25) is 4.79 Å². The van der Waals surface area contributed by atoms with Crippen molar-refractivity contribution in [2.24, 2.45) is 22.7 Å². The average molecular weight is 471 g/mol. The van der Waals surface area contributed by atoms with Crippen LogP contribution in [0.1, 0.15) is 51.7 Å². The van der Waals surface area contributed by atoms with Crippen molar-refractivity contribution in [2.75, 3.05) is 26.2 Å². The Balaban J connectivity index is 1.71. The smallest absolute Gasteiger partial charge is 0.231 e. The van der Waals surface area contributed by atoms with Crippen LogP contribution in [0.15, 0.2) is 48.5 Å². The molecule has 4 rings (SSSR count). The number of nitrogens with zero attached hydrogens (tertiary/aromatic N) is 1. The van der Waals surface area contributed by atoms with Gasteiger partial charge in [-0.25, -0.2) is 8.78 Å². The maximum absolute atomic E-state index is 14.9. The van der Waals surface area contributed by atoms with Gasteiger partial charge < -0.3 is 15.3 Å². The van der Waals surface area contributed by atoms with Crippen LogP contribution in [-0.4, -0.2) is 42.1 Å². The van der Waals surface area contributed by atoms with E-state index in [0.717, 1.165) is 11.6 Å². The van der Waals surface area contributed by atoms with Gasteiger partial charge in [0.15, 0.2) is 0 Å². The number of hydrogen-bond donors (Lipinski definition) is 2. The van der Waals surface area contributed by atoms with Crippen molar-refractivity contribution in [1.82, 2.24) is 10.2 Å². The van der Waals surface area contributed by atoms with E-state index < -0.39 is 34.0 Å². The van der Waals surface area contributed by atoms with Gasteiger partial charge >= 0.3 is 0 Å². The summed E-state index contributed by atoms with van der Waals surface area (Å²) in [7, 11) is 0. The van der Waals surface area contributed by atoms with Crippen molar-refractivity contribution in [3.05, 3.63) is 71.3 Å². The molecule has 0 bridgehead atoms. The number of rotatable bonds is 3. The number of likely N-dealkylation sites (tertiary alicyclic amines) is 1. The summed E-state index contributed by atoms with van der Waals surface area (Å²) in [5.41, 5.74) is -1.20. The van der Waals surface area contributed by atoms with Gasteiger partial charge in [0.1, 0.15) is 11.6 Å². The van der Waals surface area contributed by atoms with Crippen LogP contribution in [0.3, 0.4) is 0 Å². The maximum atomic E-state index is 14.9. The Morgan fingerprint density at radius 1 is 1.06 bits per heavy atom. The molecule has 0 aliphatic carbocycles. The van der Waals surface area contributed by atoms with E-state index in [0.29, 0.717) is 31.7 Å². The molecular weight excluding hydrogens is 434 g/mol. The summed E-state index contributed by atoms with van der Waals surface area (Å²) in [4.78, 5) is 16.2. The van der Waals surface area contributed by atoms with E-state index in [1.807, 2.05) is 69.9 Å². The number of carbonyl (C=O) groups is 1. The lowest BCUT2D eigenvalue weighted by atomic mass is 9.58. The highest BCUT2D eigenvalue weighted by Gasteiger charge is 2.60. The quantitative estimate of drug-likeness (QED) is 0.685. The Kier molecular flexibility index (Phi) is 6.36. The molecule has 184 valence electrons. The molecule has 6 heteroatoms. The van der Waals surface area contributed by atoms with Crippen molar-refractivity contribution in [2.45, 2.75) is 46.1 Å². The Bertz CT molecular complexity index is 1040. The molecular formula is C28H36F2N2O2. The van der Waals surface area contributed by atoms with Crippen molar-refractivity contribution in [1.29, 1.82) is 0 Å². The second-order valence-electron chi connectivity index (χ2n) is 11.3. The van der Waals surface area contributed by atoms with E-state index in [4.69, 9.17) is 0 Å². The van der Waals surface area contributed by atoms with Gasteiger partial charge in [0.25, 0.3) is 0 Å². The standard InChI is InChI=1S/C28H36F2N2O2/c1-18-15-32(16-19(2)28(18,34)20-9-7-6-8-10-20)25(33)27(26(3,4)5)17-31-14-23(27)22-12-11-21(29)13-24(22)30/h6-13,18-19,23,31,34H,14-17H2,1-5H3/t18-,19+,23-,27+,28?/m0/s1. The highest BCUT2D eigenvalue weighted by Crippen LogP contribution is 2.54. The predicted octanol–water partition coefficient (Wildman–Crippen LogP) is 4.69. The van der Waals surface area contributed by atoms with Crippen molar-refractivity contribution in [3.63, 3.8) is 0 Å². The van der Waals surface area contributed by atoms with Crippen molar-refractivity contribution < 1.29 is 18.7 Å². The van der Waals surface area contributed by atoms with E-state index >= 15 is 0 Å². The molecule has 34 heavy (non-hydrogen) atoms. The molecule has 2 saturated heterocycles. The van der Waals surface area contributed by atoms with Crippen LogP contribution < -0.4 is 5.32 Å². The van der Waals surface area contributed by atoms with Gasteiger partial charge in [-0.05, 0) is 22.6 Å². The lowest BCUT2D eigenvalue weighted by molar-refractivity contribution is -0.164. The van der Waals surface area contributed by atoms with Crippen LogP contribution in [0.4, 0.5) is 8.78 Å². The van der Waals surface area contributed by atoms with Gasteiger partial charge in [-0.1, -0.05) is 71.0 Å². The summed E-state index contributed by atoms with van der Waals surface area (Å²) in [5.74, 6) is -2.08. The third kappa shape index (κ3) is 3.75. The number of hydrogen-bond acceptors (Lipinski definition) is 3. The summed E-state index contributed by atoms with van der Waals surface area (Å²) in [6.45, 7) is 11.7. The normalized spacial score (nSPS) is 32.1. The third-order valence-electron chi connectivity index (χ3n) is 8.42. The van der Waals surface area contributed by atoms with Gasteiger partial charge in [0.2, 0.25) is 5.91 Å². The molecule has 4 nitrogen and oxygen atoms in total. The molecule has 2 aromatic rings. The van der Waals surface area contributed by atoms with Gasteiger partial charge in [-0.15, -0.1) is 0 Å². The minimum absolute atomic E-state index is 0.0347. The summed E-state index contributed by atoms with van der Waals surface area (Å²) in [6.07, 6.45) is 0. The fourth-order valence-electron chi connectivity index (χ4n) is 6.43. The molecule has 2 aliphatic rings. The molecule has 2 heterocycles. The summed E-state index contributed by atoms with van der Waals surface area (Å²) in [5, 5.41) is 15.1. The second kappa shape index (κ2) is 8.72. The Morgan fingerprint density at radius 2 is 1.68 bits per heavy atom. The van der Waals surface area contributed by atoms with E-state index in [9.17, 15) is 18.7 Å². The monoisotopic (exact) mass is 470 g/mol. The molecule has 1 amide bonds. The third-order valence-corrected chi connectivity index (χ3v) is 8.42. The Labute approximate surface area is 201 Å². The molecule has 0 radical (unpaired) electrons. The van der Waals surface area contributed by atoms with E-state index in [1.165, 1.54) is 12.1 Å². The maximum Gasteiger partial charge on any atom is 0.231 e. The lowest BCUT2D eigenvalue weighted by Crippen LogP contribution is -2.61. The zero-order valence-corrected chi connectivity index (χ0v) is 20.7. The number of amides is 1. The number of benzene rings is 2. The van der Waals surface area contributed by atoms with E-state index in [2.05, 4.69) is 5.32 Å². The van der Waals surface area contributed by atoms with Crippen LogP contribution in [0.5, 0.6) is 0 Å². The first kappa shape index (κ1) is 24.8. The number of aliphatic hydroxyl groups is 1. The van der Waals surface area contributed by atoms with E-state index in [-0.39, 0.29) is 17.7 Å². The van der Waals surface area contributed by atoms with Crippen LogP contribution >= 0.6 is 0 Å². The van der Waals surface area contributed by atoms with Gasteiger partial charge in [0, 0.05) is 50.0 Å². The fraction of sp³-hybridized carbons (Fsp3) is 0.536. The van der Waals surface area contributed by atoms with Crippen molar-refractivity contribution in [3.8, 4) is 0 Å². The minimum atomic E-state index is -1.04. The Hall–Kier alpha value is -2.31. The SMILES string of the molecule is C[C@@H]1CN(C(=O)[C@@]2(C(C)(C)C)CNC[C@H]2c2ccc(F)cc2F)C[C@H](C)C1(O)c1ccccc1. The first-order valence-corrected chi connectivity index (χ1v) is 12.2. The number of nitrogens with one attached hydrogen (secondary N) is 1. The molecule has 0 saturated carbocycles. The molecule has 2 N–H and O–H groups in total. The van der Waals surface area contributed by atoms with E-state index in [1.54, 1.807) is 0 Å². The fourth-order valence-corrected chi connectivity index (χ4v) is 6.43. The number of halogens is 2. The Morgan fingerprint density at radius 3 is 2.24 bits per heavy atom. The molecule has 1 unspecified atom stereocenters. The number of piperidine rings is 1. The minimum Gasteiger partial charge on any atom is -0.384 e. The topological polar surface area (TPSA) is 52.6 Å². The zero-order valence-electron chi connectivity index (χ0n) is 20.7. The van der Waals surface area contributed by atoms with Crippen LogP contribution in [0, 0.1) is 34.3 Å². The predicted molar refractivity (Wildman–Crippen MR) is 129 cm³/mol. The summed E-state index contributed by atoms with van der Waals surface area (Å²) < 4.78 is 28.6. The van der Waals surface area contributed by atoms with Gasteiger partial charge in [-0.2, -0.15) is 0 Å².